The van der Waals surface area contributed by atoms with Crippen molar-refractivity contribution >= 4 is 40.5 Å². The summed E-state index contributed by atoms with van der Waals surface area (Å²) in [5, 5.41) is 8.78. The molecule has 1 saturated heterocycles. The second-order valence-corrected chi connectivity index (χ2v) is 11.8. The average molecular weight is 461 g/mol. The highest BCUT2D eigenvalue weighted by atomic mass is 32.1. The minimum absolute atomic E-state index is 0.0361. The molecule has 3 heterocycles. The number of nitrogens with zero attached hydrogens (tertiary/aromatic N) is 2. The Morgan fingerprint density at radius 3 is 2.77 bits per heavy atom. The van der Waals surface area contributed by atoms with E-state index in [0.717, 1.165) is 31.8 Å². The van der Waals surface area contributed by atoms with Gasteiger partial charge in [0.15, 0.2) is 0 Å². The summed E-state index contributed by atoms with van der Waals surface area (Å²) in [7, 11) is 0. The van der Waals surface area contributed by atoms with Crippen LogP contribution in [0, 0.1) is 18.3 Å². The largest absolute Gasteiger partial charge is 0.350 e. The van der Waals surface area contributed by atoms with Gasteiger partial charge < -0.3 is 10.6 Å². The molecule has 9 heteroatoms. The van der Waals surface area contributed by atoms with Gasteiger partial charge in [-0.2, -0.15) is 0 Å². The first-order valence-corrected chi connectivity index (χ1v) is 12.2. The SMILES string of the molecule is Cc1nc(-c2ccc(CNC(=O)CN3C(=O)N[C@@]4(C[C@@H](C)CC(C)(C)C4)C3=O)s2)cs1. The lowest BCUT2D eigenvalue weighted by Gasteiger charge is -2.43. The molecule has 2 atom stereocenters. The van der Waals surface area contributed by atoms with Crippen LogP contribution < -0.4 is 10.6 Å². The summed E-state index contributed by atoms with van der Waals surface area (Å²) in [5.74, 6) is -0.288. The van der Waals surface area contributed by atoms with Gasteiger partial charge in [0.1, 0.15) is 12.1 Å². The Kier molecular flexibility index (Phi) is 5.68. The Morgan fingerprint density at radius 1 is 1.32 bits per heavy atom. The van der Waals surface area contributed by atoms with Crippen molar-refractivity contribution < 1.29 is 14.4 Å². The normalized spacial score (nSPS) is 25.2. The molecule has 1 saturated carbocycles. The van der Waals surface area contributed by atoms with Crippen molar-refractivity contribution in [3.63, 3.8) is 0 Å². The molecule has 0 unspecified atom stereocenters. The molecule has 0 aromatic carbocycles. The van der Waals surface area contributed by atoms with Gasteiger partial charge in [-0.25, -0.2) is 9.78 Å². The molecular weight excluding hydrogens is 432 g/mol. The Morgan fingerprint density at radius 2 is 2.10 bits per heavy atom. The average Bonchev–Trinajstić information content (AvgIpc) is 3.34. The zero-order valence-corrected chi connectivity index (χ0v) is 19.9. The summed E-state index contributed by atoms with van der Waals surface area (Å²) >= 11 is 3.18. The van der Waals surface area contributed by atoms with E-state index in [1.807, 2.05) is 24.4 Å². The molecule has 2 aromatic rings. The number of hydrogen-bond donors (Lipinski definition) is 2. The fourth-order valence-electron chi connectivity index (χ4n) is 5.12. The van der Waals surface area contributed by atoms with Crippen molar-refractivity contribution in [2.24, 2.45) is 11.3 Å². The second kappa shape index (κ2) is 8.02. The minimum atomic E-state index is -0.882. The highest BCUT2D eigenvalue weighted by Gasteiger charge is 2.56. The van der Waals surface area contributed by atoms with Crippen molar-refractivity contribution in [3.8, 4) is 10.6 Å². The van der Waals surface area contributed by atoms with Crippen molar-refractivity contribution in [1.82, 2.24) is 20.5 Å². The first-order valence-electron chi connectivity index (χ1n) is 10.5. The first kappa shape index (κ1) is 22.0. The van der Waals surface area contributed by atoms with Gasteiger partial charge in [0.2, 0.25) is 5.91 Å². The number of carbonyl (C=O) groups excluding carboxylic acids is 3. The van der Waals surface area contributed by atoms with Crippen LogP contribution in [0.5, 0.6) is 0 Å². The molecular formula is C22H28N4O3S2. The Labute approximate surface area is 190 Å². The van der Waals surface area contributed by atoms with Crippen LogP contribution in [-0.4, -0.2) is 39.8 Å². The third-order valence-electron chi connectivity index (χ3n) is 5.92. The number of carbonyl (C=O) groups is 3. The molecule has 0 radical (unpaired) electrons. The molecule has 2 fully saturated rings. The van der Waals surface area contributed by atoms with Gasteiger partial charge in [0.25, 0.3) is 5.91 Å². The van der Waals surface area contributed by atoms with Crippen LogP contribution in [0.1, 0.15) is 49.9 Å². The van der Waals surface area contributed by atoms with Gasteiger partial charge in [-0.15, -0.1) is 22.7 Å². The molecule has 1 spiro atoms. The molecule has 2 aliphatic rings. The maximum atomic E-state index is 13.2. The predicted molar refractivity (Wildman–Crippen MR) is 122 cm³/mol. The lowest BCUT2D eigenvalue weighted by Crippen LogP contribution is -2.54. The molecule has 4 amide bonds. The van der Waals surface area contributed by atoms with E-state index in [1.165, 1.54) is 0 Å². The molecule has 2 N–H and O–H groups in total. The number of thiophene rings is 1. The van der Waals surface area contributed by atoms with Crippen molar-refractivity contribution in [2.45, 2.75) is 59.0 Å². The van der Waals surface area contributed by atoms with Crippen LogP contribution in [0.3, 0.4) is 0 Å². The van der Waals surface area contributed by atoms with Crippen molar-refractivity contribution in [3.05, 3.63) is 27.4 Å². The lowest BCUT2D eigenvalue weighted by molar-refractivity contribution is -0.137. The van der Waals surface area contributed by atoms with Gasteiger partial charge in [-0.05, 0) is 49.7 Å². The number of amides is 4. The molecule has 166 valence electrons. The summed E-state index contributed by atoms with van der Waals surface area (Å²) in [4.78, 5) is 45.8. The smallest absolute Gasteiger partial charge is 0.325 e. The van der Waals surface area contributed by atoms with E-state index in [4.69, 9.17) is 0 Å². The number of aromatic nitrogens is 1. The highest BCUT2D eigenvalue weighted by Crippen LogP contribution is 2.46. The number of aryl methyl sites for hydroxylation is 1. The van der Waals surface area contributed by atoms with Gasteiger partial charge in [-0.3, -0.25) is 14.5 Å². The van der Waals surface area contributed by atoms with E-state index in [2.05, 4.69) is 36.4 Å². The lowest BCUT2D eigenvalue weighted by atomic mass is 9.64. The fourth-order valence-corrected chi connectivity index (χ4v) is 6.72. The molecule has 7 nitrogen and oxygen atoms in total. The van der Waals surface area contributed by atoms with E-state index < -0.39 is 11.6 Å². The first-order chi connectivity index (χ1) is 14.6. The quantitative estimate of drug-likeness (QED) is 0.662. The summed E-state index contributed by atoms with van der Waals surface area (Å²) in [6.07, 6.45) is 2.23. The van der Waals surface area contributed by atoms with E-state index in [0.29, 0.717) is 25.3 Å². The van der Waals surface area contributed by atoms with Crippen LogP contribution in [-0.2, 0) is 16.1 Å². The maximum absolute atomic E-state index is 13.2. The second-order valence-electron chi connectivity index (χ2n) is 9.55. The summed E-state index contributed by atoms with van der Waals surface area (Å²) in [6, 6.07) is 3.49. The number of nitrogens with one attached hydrogen (secondary N) is 2. The summed E-state index contributed by atoms with van der Waals surface area (Å²) in [5.41, 5.74) is 0.0256. The molecule has 4 rings (SSSR count). The van der Waals surface area contributed by atoms with E-state index in [9.17, 15) is 14.4 Å². The zero-order chi connectivity index (χ0) is 22.4. The van der Waals surface area contributed by atoms with Crippen LogP contribution in [0.15, 0.2) is 17.5 Å². The number of hydrogen-bond acceptors (Lipinski definition) is 6. The summed E-state index contributed by atoms with van der Waals surface area (Å²) < 4.78 is 0. The number of rotatable bonds is 5. The fraction of sp³-hybridized carbons (Fsp3) is 0.545. The van der Waals surface area contributed by atoms with Gasteiger partial charge in [0.05, 0.1) is 22.1 Å². The van der Waals surface area contributed by atoms with E-state index in [-0.39, 0.29) is 23.8 Å². The Balaban J connectivity index is 1.36. The molecule has 1 aliphatic carbocycles. The van der Waals surface area contributed by atoms with Gasteiger partial charge in [0, 0.05) is 10.3 Å². The third kappa shape index (κ3) is 4.52. The number of urea groups is 1. The van der Waals surface area contributed by atoms with Gasteiger partial charge >= 0.3 is 6.03 Å². The Bertz CT molecular complexity index is 1030. The topological polar surface area (TPSA) is 91.4 Å². The number of thiazole rings is 1. The molecule has 2 aromatic heterocycles. The standard InChI is InChI=1S/C22H28N4O3S2/c1-13-7-21(3,4)12-22(8-13)19(28)26(20(29)25-22)10-18(27)23-9-15-5-6-17(31-15)16-11-30-14(2)24-16/h5-6,11,13H,7-10,12H2,1-4H3,(H,23,27)(H,25,29)/t13-,22+/m0/s1. The minimum Gasteiger partial charge on any atom is -0.350 e. The summed E-state index contributed by atoms with van der Waals surface area (Å²) in [6.45, 7) is 8.43. The monoisotopic (exact) mass is 460 g/mol. The van der Waals surface area contributed by atoms with E-state index in [1.54, 1.807) is 22.7 Å². The van der Waals surface area contributed by atoms with Gasteiger partial charge in [-0.1, -0.05) is 20.8 Å². The molecule has 0 bridgehead atoms. The van der Waals surface area contributed by atoms with Crippen LogP contribution >= 0.6 is 22.7 Å². The predicted octanol–water partition coefficient (Wildman–Crippen LogP) is 3.93. The van der Waals surface area contributed by atoms with E-state index >= 15 is 0 Å². The van der Waals surface area contributed by atoms with Crippen LogP contribution in [0.2, 0.25) is 0 Å². The van der Waals surface area contributed by atoms with Crippen molar-refractivity contribution in [1.29, 1.82) is 0 Å². The molecule has 31 heavy (non-hydrogen) atoms. The van der Waals surface area contributed by atoms with Crippen molar-refractivity contribution in [2.75, 3.05) is 6.54 Å². The number of imide groups is 1. The maximum Gasteiger partial charge on any atom is 0.325 e. The zero-order valence-electron chi connectivity index (χ0n) is 18.3. The molecule has 1 aliphatic heterocycles. The van der Waals surface area contributed by atoms with Crippen LogP contribution in [0.4, 0.5) is 4.79 Å². The third-order valence-corrected chi connectivity index (χ3v) is 7.80. The highest BCUT2D eigenvalue weighted by molar-refractivity contribution is 7.16. The van der Waals surface area contributed by atoms with Crippen LogP contribution in [0.25, 0.3) is 10.6 Å². The Hall–Kier alpha value is -2.26.